The van der Waals surface area contributed by atoms with Gasteiger partial charge in [-0.05, 0) is 30.0 Å². The van der Waals surface area contributed by atoms with Crippen molar-refractivity contribution in [1.82, 2.24) is 5.32 Å². The van der Waals surface area contributed by atoms with Crippen LogP contribution in [0.5, 0.6) is 0 Å². The van der Waals surface area contributed by atoms with E-state index in [1.807, 2.05) is 24.3 Å². The summed E-state index contributed by atoms with van der Waals surface area (Å²) in [6, 6.07) is 11.0. The number of hydrogen-bond donors (Lipinski definition) is 1. The number of halogens is 1. The zero-order chi connectivity index (χ0) is 13.7. The van der Waals surface area contributed by atoms with Crippen molar-refractivity contribution in [2.75, 3.05) is 6.54 Å². The Hall–Kier alpha value is -1.85. The molecule has 0 aliphatic carbocycles. The van der Waals surface area contributed by atoms with Crippen LogP contribution in [0.4, 0.5) is 4.39 Å². The van der Waals surface area contributed by atoms with Crippen LogP contribution >= 0.6 is 0 Å². The molecular weight excluding hydrogens is 237 g/mol. The third kappa shape index (κ3) is 2.94. The summed E-state index contributed by atoms with van der Waals surface area (Å²) >= 11 is 0. The molecule has 0 heterocycles. The quantitative estimate of drug-likeness (QED) is 0.795. The molecule has 1 N–H and O–H groups in total. The second-order valence-electron chi connectivity index (χ2n) is 4.60. The maximum absolute atomic E-state index is 13.8. The van der Waals surface area contributed by atoms with Crippen LogP contribution in [-0.2, 0) is 0 Å². The third-order valence-electron chi connectivity index (χ3n) is 3.24. The Morgan fingerprint density at radius 3 is 2.63 bits per heavy atom. The molecule has 0 aromatic heterocycles. The van der Waals surface area contributed by atoms with E-state index in [9.17, 15) is 4.39 Å². The molecule has 0 aliphatic rings. The van der Waals surface area contributed by atoms with Gasteiger partial charge in [0.05, 0.1) is 0 Å². The van der Waals surface area contributed by atoms with Crippen LogP contribution in [0, 0.1) is 18.2 Å². The van der Waals surface area contributed by atoms with Gasteiger partial charge >= 0.3 is 0 Å². The molecule has 0 amide bonds. The van der Waals surface area contributed by atoms with Crippen molar-refractivity contribution in [1.29, 1.82) is 0 Å². The van der Waals surface area contributed by atoms with Gasteiger partial charge in [0.1, 0.15) is 5.82 Å². The summed E-state index contributed by atoms with van der Waals surface area (Å²) in [5.74, 6) is 2.51. The summed E-state index contributed by atoms with van der Waals surface area (Å²) in [5.41, 5.74) is 1.07. The molecule has 1 nitrogen and oxygen atoms in total. The molecule has 0 spiro atoms. The van der Waals surface area contributed by atoms with Crippen LogP contribution in [0.15, 0.2) is 36.4 Å². The molecule has 0 radical (unpaired) electrons. The zero-order valence-corrected chi connectivity index (χ0v) is 11.1. The SMILES string of the molecule is C#CCC(NCCC)c1ccc(F)c2ccccc12. The lowest BCUT2D eigenvalue weighted by Gasteiger charge is -2.19. The van der Waals surface area contributed by atoms with Crippen LogP contribution in [0.2, 0.25) is 0 Å². The van der Waals surface area contributed by atoms with Crippen molar-refractivity contribution in [3.63, 3.8) is 0 Å². The second kappa shape index (κ2) is 6.36. The van der Waals surface area contributed by atoms with Crippen LogP contribution in [0.25, 0.3) is 10.8 Å². The predicted octanol–water partition coefficient (Wildman–Crippen LogP) is 4.04. The lowest BCUT2D eigenvalue weighted by molar-refractivity contribution is 0.544. The number of benzene rings is 2. The van der Waals surface area contributed by atoms with Crippen molar-refractivity contribution < 1.29 is 4.39 Å². The summed E-state index contributed by atoms with van der Waals surface area (Å²) in [4.78, 5) is 0. The minimum atomic E-state index is -0.186. The molecule has 1 atom stereocenters. The third-order valence-corrected chi connectivity index (χ3v) is 3.24. The first-order valence-corrected chi connectivity index (χ1v) is 6.62. The number of hydrogen-bond acceptors (Lipinski definition) is 1. The van der Waals surface area contributed by atoms with E-state index in [0.717, 1.165) is 23.9 Å². The molecule has 0 saturated carbocycles. The van der Waals surface area contributed by atoms with Gasteiger partial charge in [-0.25, -0.2) is 4.39 Å². The Balaban J connectivity index is 2.47. The topological polar surface area (TPSA) is 12.0 Å². The Bertz CT molecular complexity index is 598. The highest BCUT2D eigenvalue weighted by molar-refractivity contribution is 5.86. The highest BCUT2D eigenvalue weighted by Gasteiger charge is 2.14. The lowest BCUT2D eigenvalue weighted by atomic mass is 9.96. The van der Waals surface area contributed by atoms with Gasteiger partial charge in [0, 0.05) is 17.8 Å². The zero-order valence-electron chi connectivity index (χ0n) is 11.1. The molecule has 2 aromatic rings. The molecule has 0 bridgehead atoms. The smallest absolute Gasteiger partial charge is 0.131 e. The average Bonchev–Trinajstić information content (AvgIpc) is 2.45. The fourth-order valence-electron chi connectivity index (χ4n) is 2.32. The fraction of sp³-hybridized carbons (Fsp3) is 0.294. The Kier molecular flexibility index (Phi) is 4.54. The number of terminal acetylenes is 1. The number of nitrogens with one attached hydrogen (secondary N) is 1. The second-order valence-corrected chi connectivity index (χ2v) is 4.60. The van der Waals surface area contributed by atoms with Gasteiger partial charge in [-0.15, -0.1) is 12.3 Å². The van der Waals surface area contributed by atoms with Crippen molar-refractivity contribution >= 4 is 10.8 Å². The Labute approximate surface area is 113 Å². The van der Waals surface area contributed by atoms with Crippen LogP contribution in [0.3, 0.4) is 0 Å². The minimum absolute atomic E-state index is 0.0791. The highest BCUT2D eigenvalue weighted by Crippen LogP contribution is 2.28. The number of fused-ring (bicyclic) bond motifs is 1. The molecule has 0 aliphatic heterocycles. The molecule has 0 fully saturated rings. The van der Waals surface area contributed by atoms with E-state index in [1.165, 1.54) is 6.07 Å². The molecule has 98 valence electrons. The summed E-state index contributed by atoms with van der Waals surface area (Å²) in [6.07, 6.45) is 7.10. The maximum atomic E-state index is 13.8. The first-order chi connectivity index (χ1) is 9.27. The van der Waals surface area contributed by atoms with E-state index < -0.39 is 0 Å². The van der Waals surface area contributed by atoms with Crippen molar-refractivity contribution in [2.45, 2.75) is 25.8 Å². The molecule has 2 heteroatoms. The molecule has 2 aromatic carbocycles. The van der Waals surface area contributed by atoms with Gasteiger partial charge in [0.2, 0.25) is 0 Å². The van der Waals surface area contributed by atoms with Crippen LogP contribution in [0.1, 0.15) is 31.4 Å². The van der Waals surface area contributed by atoms with Gasteiger partial charge in [0.25, 0.3) is 0 Å². The van der Waals surface area contributed by atoms with Crippen molar-refractivity contribution in [3.05, 3.63) is 47.8 Å². The van der Waals surface area contributed by atoms with Crippen molar-refractivity contribution in [2.24, 2.45) is 0 Å². The van der Waals surface area contributed by atoms with Crippen LogP contribution in [-0.4, -0.2) is 6.54 Å². The summed E-state index contributed by atoms with van der Waals surface area (Å²) in [7, 11) is 0. The normalized spacial score (nSPS) is 12.3. The minimum Gasteiger partial charge on any atom is -0.309 e. The monoisotopic (exact) mass is 255 g/mol. The summed E-state index contributed by atoms with van der Waals surface area (Å²) in [6.45, 7) is 3.01. The first-order valence-electron chi connectivity index (χ1n) is 6.62. The Morgan fingerprint density at radius 1 is 1.21 bits per heavy atom. The lowest BCUT2D eigenvalue weighted by Crippen LogP contribution is -2.22. The highest BCUT2D eigenvalue weighted by atomic mass is 19.1. The predicted molar refractivity (Wildman–Crippen MR) is 78.4 cm³/mol. The van der Waals surface area contributed by atoms with E-state index in [4.69, 9.17) is 6.42 Å². The van der Waals surface area contributed by atoms with E-state index >= 15 is 0 Å². The molecular formula is C17H18FN. The van der Waals surface area contributed by atoms with Crippen LogP contribution < -0.4 is 5.32 Å². The summed E-state index contributed by atoms with van der Waals surface area (Å²) in [5, 5.41) is 5.02. The Morgan fingerprint density at radius 2 is 1.95 bits per heavy atom. The van der Waals surface area contributed by atoms with E-state index in [2.05, 4.69) is 18.2 Å². The van der Waals surface area contributed by atoms with E-state index in [-0.39, 0.29) is 11.9 Å². The van der Waals surface area contributed by atoms with Gasteiger partial charge in [-0.3, -0.25) is 0 Å². The average molecular weight is 255 g/mol. The first kappa shape index (κ1) is 13.6. The van der Waals surface area contributed by atoms with Crippen molar-refractivity contribution in [3.8, 4) is 12.3 Å². The molecule has 19 heavy (non-hydrogen) atoms. The number of rotatable bonds is 5. The molecule has 2 rings (SSSR count). The van der Waals surface area contributed by atoms with E-state index in [0.29, 0.717) is 11.8 Å². The van der Waals surface area contributed by atoms with E-state index in [1.54, 1.807) is 6.07 Å². The molecule has 1 unspecified atom stereocenters. The maximum Gasteiger partial charge on any atom is 0.131 e. The largest absolute Gasteiger partial charge is 0.309 e. The summed E-state index contributed by atoms with van der Waals surface area (Å²) < 4.78 is 13.8. The van der Waals surface area contributed by atoms with Gasteiger partial charge < -0.3 is 5.32 Å². The fourth-order valence-corrected chi connectivity index (χ4v) is 2.32. The standard InChI is InChI=1S/C17H18FN/c1-3-7-17(19-12-4-2)15-10-11-16(18)14-9-6-5-8-13(14)15/h1,5-6,8-11,17,19H,4,7,12H2,2H3. The van der Waals surface area contributed by atoms with Gasteiger partial charge in [0.15, 0.2) is 0 Å². The van der Waals surface area contributed by atoms with Gasteiger partial charge in [-0.1, -0.05) is 37.3 Å². The molecule has 0 saturated heterocycles. The van der Waals surface area contributed by atoms with Gasteiger partial charge in [-0.2, -0.15) is 0 Å².